The third-order valence-electron chi connectivity index (χ3n) is 3.60. The summed E-state index contributed by atoms with van der Waals surface area (Å²) >= 11 is 0. The number of carboxylic acids is 1. The van der Waals surface area contributed by atoms with Crippen molar-refractivity contribution < 1.29 is 19.0 Å². The van der Waals surface area contributed by atoms with E-state index in [0.717, 1.165) is 32.7 Å². The number of nitrogens with zero attached hydrogens (tertiary/aromatic N) is 2. The Morgan fingerprint density at radius 2 is 1.67 bits per heavy atom. The molecule has 6 heteroatoms. The van der Waals surface area contributed by atoms with Gasteiger partial charge in [0, 0.05) is 39.3 Å². The molecule has 2 rings (SSSR count). The van der Waals surface area contributed by atoms with Crippen LogP contribution in [0.4, 0.5) is 4.39 Å². The third-order valence-corrected chi connectivity index (χ3v) is 3.60. The molecule has 0 bridgehead atoms. The maximum atomic E-state index is 12.7. The summed E-state index contributed by atoms with van der Waals surface area (Å²) in [5, 5.41) is 8.66. The van der Waals surface area contributed by atoms with Gasteiger partial charge in [-0.25, -0.2) is 4.39 Å². The van der Waals surface area contributed by atoms with Crippen LogP contribution in [0.15, 0.2) is 24.3 Å². The Balaban J connectivity index is 1.60. The van der Waals surface area contributed by atoms with Gasteiger partial charge in [0.05, 0.1) is 6.42 Å². The second-order valence-corrected chi connectivity index (χ2v) is 5.13. The average molecular weight is 296 g/mol. The van der Waals surface area contributed by atoms with E-state index in [-0.39, 0.29) is 12.2 Å². The highest BCUT2D eigenvalue weighted by Crippen LogP contribution is 2.11. The third kappa shape index (κ3) is 5.69. The quantitative estimate of drug-likeness (QED) is 0.822. The first kappa shape index (κ1) is 15.7. The molecule has 21 heavy (non-hydrogen) atoms. The Hall–Kier alpha value is -1.66. The number of rotatable bonds is 7. The summed E-state index contributed by atoms with van der Waals surface area (Å²) in [6.45, 7) is 5.65. The van der Waals surface area contributed by atoms with Crippen LogP contribution in [0.3, 0.4) is 0 Å². The van der Waals surface area contributed by atoms with Crippen molar-refractivity contribution in [2.75, 3.05) is 45.9 Å². The van der Waals surface area contributed by atoms with Gasteiger partial charge in [0.1, 0.15) is 18.2 Å². The van der Waals surface area contributed by atoms with Crippen molar-refractivity contribution in [1.29, 1.82) is 0 Å². The monoisotopic (exact) mass is 296 g/mol. The second-order valence-electron chi connectivity index (χ2n) is 5.13. The van der Waals surface area contributed by atoms with Crippen LogP contribution >= 0.6 is 0 Å². The lowest BCUT2D eigenvalue weighted by Gasteiger charge is -2.34. The molecule has 1 aromatic carbocycles. The van der Waals surface area contributed by atoms with Gasteiger partial charge < -0.3 is 14.7 Å². The summed E-state index contributed by atoms with van der Waals surface area (Å²) < 4.78 is 18.3. The molecule has 0 aliphatic carbocycles. The molecular weight excluding hydrogens is 275 g/mol. The van der Waals surface area contributed by atoms with Gasteiger partial charge in [-0.3, -0.25) is 9.69 Å². The number of carboxylic acid groups (broad SMARTS) is 1. The molecule has 1 aromatic rings. The Labute approximate surface area is 123 Å². The van der Waals surface area contributed by atoms with Gasteiger partial charge in [0.2, 0.25) is 0 Å². The van der Waals surface area contributed by atoms with Crippen molar-refractivity contribution in [1.82, 2.24) is 9.80 Å². The molecule has 1 fully saturated rings. The number of halogens is 1. The molecule has 1 aliphatic heterocycles. The lowest BCUT2D eigenvalue weighted by atomic mass is 10.3. The molecule has 1 heterocycles. The van der Waals surface area contributed by atoms with Gasteiger partial charge in [0.25, 0.3) is 0 Å². The number of benzene rings is 1. The fourth-order valence-corrected chi connectivity index (χ4v) is 2.31. The zero-order chi connectivity index (χ0) is 15.1. The number of ether oxygens (including phenoxy) is 1. The zero-order valence-corrected chi connectivity index (χ0v) is 12.0. The highest BCUT2D eigenvalue weighted by Gasteiger charge is 2.16. The number of carbonyl (C=O) groups is 1. The minimum Gasteiger partial charge on any atom is -0.492 e. The van der Waals surface area contributed by atoms with Crippen molar-refractivity contribution in [3.05, 3.63) is 30.1 Å². The van der Waals surface area contributed by atoms with Crippen molar-refractivity contribution in [2.45, 2.75) is 6.42 Å². The van der Waals surface area contributed by atoms with Crippen molar-refractivity contribution in [3.63, 3.8) is 0 Å². The molecule has 116 valence electrons. The fourth-order valence-electron chi connectivity index (χ4n) is 2.31. The maximum Gasteiger partial charge on any atom is 0.304 e. The number of hydrogen-bond acceptors (Lipinski definition) is 4. The first-order valence-electron chi connectivity index (χ1n) is 7.18. The Kier molecular flexibility index (Phi) is 5.95. The highest BCUT2D eigenvalue weighted by atomic mass is 19.1. The molecule has 0 atom stereocenters. The van der Waals surface area contributed by atoms with Gasteiger partial charge in [-0.05, 0) is 24.3 Å². The van der Waals surface area contributed by atoms with Crippen LogP contribution in [0.1, 0.15) is 6.42 Å². The van der Waals surface area contributed by atoms with E-state index in [1.807, 2.05) is 0 Å². The predicted molar refractivity (Wildman–Crippen MR) is 77.0 cm³/mol. The predicted octanol–water partition coefficient (Wildman–Crippen LogP) is 1.30. The fraction of sp³-hybridized carbons (Fsp3) is 0.533. The standard InChI is InChI=1S/C15H21FN2O3/c16-13-1-3-14(4-2-13)21-12-11-18-9-7-17(8-10-18)6-5-15(19)20/h1-4H,5-12H2,(H,19,20). The van der Waals surface area contributed by atoms with E-state index in [9.17, 15) is 9.18 Å². The minimum absolute atomic E-state index is 0.202. The first-order valence-corrected chi connectivity index (χ1v) is 7.18. The van der Waals surface area contributed by atoms with E-state index in [1.54, 1.807) is 12.1 Å². The summed E-state index contributed by atoms with van der Waals surface area (Å²) in [5.74, 6) is -0.332. The van der Waals surface area contributed by atoms with Crippen LogP contribution in [0, 0.1) is 5.82 Å². The van der Waals surface area contributed by atoms with E-state index < -0.39 is 5.97 Å². The van der Waals surface area contributed by atoms with Gasteiger partial charge in [-0.1, -0.05) is 0 Å². The van der Waals surface area contributed by atoms with E-state index in [1.165, 1.54) is 12.1 Å². The second kappa shape index (κ2) is 7.95. The van der Waals surface area contributed by atoms with Crippen LogP contribution < -0.4 is 4.74 Å². The minimum atomic E-state index is -0.745. The summed E-state index contributed by atoms with van der Waals surface area (Å²) in [4.78, 5) is 15.0. The molecule has 1 saturated heterocycles. The summed E-state index contributed by atoms with van der Waals surface area (Å²) in [7, 11) is 0. The Morgan fingerprint density at radius 1 is 1.10 bits per heavy atom. The van der Waals surface area contributed by atoms with Crippen LogP contribution in [0.5, 0.6) is 5.75 Å². The maximum absolute atomic E-state index is 12.7. The Morgan fingerprint density at radius 3 is 2.24 bits per heavy atom. The lowest BCUT2D eigenvalue weighted by molar-refractivity contribution is -0.137. The molecule has 0 saturated carbocycles. The van der Waals surface area contributed by atoms with Crippen molar-refractivity contribution in [3.8, 4) is 5.75 Å². The molecule has 0 aromatic heterocycles. The molecule has 1 N–H and O–H groups in total. The van der Waals surface area contributed by atoms with E-state index in [2.05, 4.69) is 9.80 Å². The Bertz CT molecular complexity index is 445. The average Bonchev–Trinajstić information content (AvgIpc) is 2.48. The van der Waals surface area contributed by atoms with Gasteiger partial charge in [0.15, 0.2) is 0 Å². The van der Waals surface area contributed by atoms with E-state index in [0.29, 0.717) is 18.9 Å². The molecule has 0 amide bonds. The van der Waals surface area contributed by atoms with E-state index >= 15 is 0 Å². The van der Waals surface area contributed by atoms with Crippen LogP contribution in [0.25, 0.3) is 0 Å². The first-order chi connectivity index (χ1) is 10.1. The molecule has 0 radical (unpaired) electrons. The summed E-state index contributed by atoms with van der Waals surface area (Å²) in [6, 6.07) is 6.02. The SMILES string of the molecule is O=C(O)CCN1CCN(CCOc2ccc(F)cc2)CC1. The molecule has 1 aliphatic rings. The topological polar surface area (TPSA) is 53.0 Å². The zero-order valence-electron chi connectivity index (χ0n) is 12.0. The summed E-state index contributed by atoms with van der Waals surface area (Å²) in [6.07, 6.45) is 0.202. The van der Waals surface area contributed by atoms with Crippen molar-refractivity contribution >= 4 is 5.97 Å². The normalized spacial score (nSPS) is 16.8. The number of aliphatic carboxylic acids is 1. The van der Waals surface area contributed by atoms with Gasteiger partial charge in [-0.2, -0.15) is 0 Å². The van der Waals surface area contributed by atoms with Gasteiger partial charge in [-0.15, -0.1) is 0 Å². The van der Waals surface area contributed by atoms with Crippen molar-refractivity contribution in [2.24, 2.45) is 0 Å². The van der Waals surface area contributed by atoms with Crippen LogP contribution in [-0.2, 0) is 4.79 Å². The molecule has 5 nitrogen and oxygen atoms in total. The number of hydrogen-bond donors (Lipinski definition) is 1. The van der Waals surface area contributed by atoms with Crippen LogP contribution in [-0.4, -0.2) is 66.8 Å². The molecule has 0 unspecified atom stereocenters. The smallest absolute Gasteiger partial charge is 0.304 e. The molecule has 0 spiro atoms. The lowest BCUT2D eigenvalue weighted by Crippen LogP contribution is -2.47. The summed E-state index contributed by atoms with van der Waals surface area (Å²) in [5.41, 5.74) is 0. The highest BCUT2D eigenvalue weighted by molar-refractivity contribution is 5.66. The molecular formula is C15H21FN2O3. The van der Waals surface area contributed by atoms with Gasteiger partial charge >= 0.3 is 5.97 Å². The van der Waals surface area contributed by atoms with E-state index in [4.69, 9.17) is 9.84 Å². The van der Waals surface area contributed by atoms with Crippen LogP contribution in [0.2, 0.25) is 0 Å². The number of piperazine rings is 1. The largest absolute Gasteiger partial charge is 0.492 e.